The molecular formula is C8H14N2OS2. The summed E-state index contributed by atoms with van der Waals surface area (Å²) in [5.74, 6) is 1.17. The number of rotatable bonds is 3. The van der Waals surface area contributed by atoms with Gasteiger partial charge in [-0.15, -0.1) is 11.8 Å². The van der Waals surface area contributed by atoms with Crippen molar-refractivity contribution in [1.29, 1.82) is 0 Å². The minimum atomic E-state index is 0.0810. The molecule has 3 N–H and O–H groups in total. The lowest BCUT2D eigenvalue weighted by Gasteiger charge is -2.20. The Morgan fingerprint density at radius 3 is 2.92 bits per heavy atom. The average molecular weight is 218 g/mol. The number of thiocarbonyl (C=S) groups is 1. The van der Waals surface area contributed by atoms with E-state index in [9.17, 15) is 4.79 Å². The lowest BCUT2D eigenvalue weighted by Crippen LogP contribution is -2.38. The summed E-state index contributed by atoms with van der Waals surface area (Å²) in [4.78, 5) is 11.8. The smallest absolute Gasteiger partial charge is 0.233 e. The van der Waals surface area contributed by atoms with Crippen LogP contribution in [-0.2, 0) is 4.79 Å². The van der Waals surface area contributed by atoms with Gasteiger partial charge >= 0.3 is 0 Å². The predicted octanol–water partition coefficient (Wildman–Crippen LogP) is 0.674. The van der Waals surface area contributed by atoms with E-state index in [0.29, 0.717) is 11.5 Å². The first kappa shape index (κ1) is 10.8. The monoisotopic (exact) mass is 218 g/mol. The van der Waals surface area contributed by atoms with Gasteiger partial charge in [0.2, 0.25) is 5.91 Å². The zero-order valence-electron chi connectivity index (χ0n) is 7.41. The van der Waals surface area contributed by atoms with Crippen molar-refractivity contribution in [2.45, 2.75) is 24.5 Å². The maximum atomic E-state index is 11.5. The predicted molar refractivity (Wildman–Crippen MR) is 59.9 cm³/mol. The summed E-state index contributed by atoms with van der Waals surface area (Å²) in [5, 5.41) is 2.84. The number of hydrogen-bond acceptors (Lipinski definition) is 3. The topological polar surface area (TPSA) is 55.1 Å². The maximum Gasteiger partial charge on any atom is 0.233 e. The highest BCUT2D eigenvalue weighted by atomic mass is 32.2. The molecule has 1 saturated heterocycles. The van der Waals surface area contributed by atoms with Crippen LogP contribution in [0.15, 0.2) is 0 Å². The van der Waals surface area contributed by atoms with Gasteiger partial charge in [-0.2, -0.15) is 0 Å². The molecule has 1 atom stereocenters. The summed E-state index contributed by atoms with van der Waals surface area (Å²) < 4.78 is 0. The van der Waals surface area contributed by atoms with Gasteiger partial charge in [0.1, 0.15) is 0 Å². The molecule has 0 aromatic heterocycles. The Balaban J connectivity index is 2.25. The Morgan fingerprint density at radius 1 is 1.62 bits per heavy atom. The fraction of sp³-hybridized carbons (Fsp3) is 0.750. The molecule has 0 aliphatic carbocycles. The van der Waals surface area contributed by atoms with Crippen molar-refractivity contribution in [3.05, 3.63) is 0 Å². The zero-order valence-corrected chi connectivity index (χ0v) is 9.05. The van der Waals surface area contributed by atoms with Crippen LogP contribution in [0.3, 0.4) is 0 Å². The lowest BCUT2D eigenvalue weighted by molar-refractivity contribution is -0.120. The third kappa shape index (κ3) is 3.95. The Labute approximate surface area is 87.8 Å². The van der Waals surface area contributed by atoms with E-state index in [0.717, 1.165) is 18.6 Å². The number of amides is 1. The molecule has 1 fully saturated rings. The minimum Gasteiger partial charge on any atom is -0.392 e. The highest BCUT2D eigenvalue weighted by Gasteiger charge is 2.20. The average Bonchev–Trinajstić information content (AvgIpc) is 2.15. The van der Waals surface area contributed by atoms with Crippen LogP contribution in [0.1, 0.15) is 19.3 Å². The van der Waals surface area contributed by atoms with Gasteiger partial charge in [0, 0.05) is 0 Å². The van der Waals surface area contributed by atoms with E-state index < -0.39 is 0 Å². The number of carbonyl (C=O) groups excluding carboxylic acids is 1. The quantitative estimate of drug-likeness (QED) is 0.684. The van der Waals surface area contributed by atoms with Crippen molar-refractivity contribution in [1.82, 2.24) is 5.32 Å². The molecule has 1 unspecified atom stereocenters. The number of thioether (sulfide) groups is 1. The Kier molecular flexibility index (Phi) is 4.52. The van der Waals surface area contributed by atoms with Crippen LogP contribution >= 0.6 is 24.0 Å². The molecule has 0 saturated carbocycles. The number of nitrogens with two attached hydrogens (primary N) is 1. The first-order valence-corrected chi connectivity index (χ1v) is 5.83. The molecule has 74 valence electrons. The fourth-order valence-corrected chi connectivity index (χ4v) is 2.53. The number of nitrogens with one attached hydrogen (secondary N) is 1. The van der Waals surface area contributed by atoms with Crippen molar-refractivity contribution in [3.63, 3.8) is 0 Å². The van der Waals surface area contributed by atoms with Crippen molar-refractivity contribution in [2.24, 2.45) is 5.73 Å². The van der Waals surface area contributed by atoms with Crippen LogP contribution in [0, 0.1) is 0 Å². The Morgan fingerprint density at radius 2 is 2.38 bits per heavy atom. The van der Waals surface area contributed by atoms with Gasteiger partial charge < -0.3 is 11.1 Å². The van der Waals surface area contributed by atoms with Gasteiger partial charge in [0.05, 0.1) is 16.8 Å². The van der Waals surface area contributed by atoms with Crippen molar-refractivity contribution >= 4 is 34.9 Å². The van der Waals surface area contributed by atoms with Crippen LogP contribution in [0.5, 0.6) is 0 Å². The van der Waals surface area contributed by atoms with Crippen LogP contribution in [-0.4, -0.2) is 28.4 Å². The van der Waals surface area contributed by atoms with Gasteiger partial charge in [0.15, 0.2) is 0 Å². The highest BCUT2D eigenvalue weighted by Crippen LogP contribution is 2.24. The van der Waals surface area contributed by atoms with E-state index >= 15 is 0 Å². The van der Waals surface area contributed by atoms with Crippen molar-refractivity contribution in [2.75, 3.05) is 12.3 Å². The van der Waals surface area contributed by atoms with E-state index in [1.807, 2.05) is 0 Å². The summed E-state index contributed by atoms with van der Waals surface area (Å²) >= 11 is 6.40. The summed E-state index contributed by atoms with van der Waals surface area (Å²) in [5.41, 5.74) is 5.28. The SMILES string of the molecule is NC(=S)CNC(=O)C1CCCCS1. The first-order valence-electron chi connectivity index (χ1n) is 4.38. The molecule has 0 spiro atoms. The normalized spacial score (nSPS) is 22.3. The highest BCUT2D eigenvalue weighted by molar-refractivity contribution is 8.00. The van der Waals surface area contributed by atoms with Gasteiger partial charge in [-0.05, 0) is 18.6 Å². The molecule has 0 bridgehead atoms. The molecule has 5 heteroatoms. The van der Waals surface area contributed by atoms with E-state index in [1.165, 1.54) is 6.42 Å². The Hall–Kier alpha value is -0.290. The third-order valence-electron chi connectivity index (χ3n) is 1.91. The summed E-state index contributed by atoms with van der Waals surface area (Å²) in [6.45, 7) is 0.325. The van der Waals surface area contributed by atoms with Crippen LogP contribution in [0.4, 0.5) is 0 Å². The van der Waals surface area contributed by atoms with Crippen LogP contribution < -0.4 is 11.1 Å². The first-order chi connectivity index (χ1) is 6.20. The minimum absolute atomic E-state index is 0.0810. The molecular weight excluding hydrogens is 204 g/mol. The summed E-state index contributed by atoms with van der Waals surface area (Å²) in [6, 6.07) is 0. The number of hydrogen-bond donors (Lipinski definition) is 2. The maximum absolute atomic E-state index is 11.5. The summed E-state index contributed by atoms with van der Waals surface area (Å²) in [6.07, 6.45) is 3.36. The van der Waals surface area contributed by atoms with Crippen LogP contribution in [0.2, 0.25) is 0 Å². The van der Waals surface area contributed by atoms with Gasteiger partial charge in [-0.3, -0.25) is 4.79 Å². The molecule has 1 amide bonds. The molecule has 0 aromatic rings. The molecule has 1 aliphatic rings. The standard InChI is InChI=1S/C8H14N2OS2/c9-7(12)5-10-8(11)6-3-1-2-4-13-6/h6H,1-5H2,(H2,9,12)(H,10,11). The van der Waals surface area contributed by atoms with E-state index in [2.05, 4.69) is 17.5 Å². The zero-order chi connectivity index (χ0) is 9.68. The van der Waals surface area contributed by atoms with Crippen molar-refractivity contribution in [3.8, 4) is 0 Å². The van der Waals surface area contributed by atoms with Gasteiger partial charge in [-0.25, -0.2) is 0 Å². The number of carbonyl (C=O) groups is 1. The van der Waals surface area contributed by atoms with E-state index in [4.69, 9.17) is 5.73 Å². The second kappa shape index (κ2) is 5.44. The van der Waals surface area contributed by atoms with Crippen LogP contribution in [0.25, 0.3) is 0 Å². The molecule has 0 aromatic carbocycles. The second-order valence-corrected chi connectivity index (χ2v) is 4.87. The van der Waals surface area contributed by atoms with E-state index in [-0.39, 0.29) is 11.2 Å². The largest absolute Gasteiger partial charge is 0.392 e. The third-order valence-corrected chi connectivity index (χ3v) is 3.43. The molecule has 1 rings (SSSR count). The van der Waals surface area contributed by atoms with E-state index in [1.54, 1.807) is 11.8 Å². The summed E-state index contributed by atoms with van der Waals surface area (Å²) in [7, 11) is 0. The molecule has 3 nitrogen and oxygen atoms in total. The lowest BCUT2D eigenvalue weighted by atomic mass is 10.2. The second-order valence-electron chi connectivity index (χ2n) is 3.04. The molecule has 1 heterocycles. The molecule has 13 heavy (non-hydrogen) atoms. The van der Waals surface area contributed by atoms with Crippen molar-refractivity contribution < 1.29 is 4.79 Å². The Bertz CT molecular complexity index is 202. The van der Waals surface area contributed by atoms with Gasteiger partial charge in [-0.1, -0.05) is 18.6 Å². The molecule has 1 aliphatic heterocycles. The fourth-order valence-electron chi connectivity index (χ4n) is 1.24. The van der Waals surface area contributed by atoms with Gasteiger partial charge in [0.25, 0.3) is 0 Å². The molecule has 0 radical (unpaired) electrons.